The highest BCUT2D eigenvalue weighted by Gasteiger charge is 2.00. The van der Waals surface area contributed by atoms with Gasteiger partial charge in [-0.05, 0) is 11.1 Å². The number of nitrogens with one attached hydrogen (secondary N) is 1. The summed E-state index contributed by atoms with van der Waals surface area (Å²) in [6.07, 6.45) is 1.72. The third-order valence-electron chi connectivity index (χ3n) is 2.17. The van der Waals surface area contributed by atoms with Gasteiger partial charge < -0.3 is 15.5 Å². The van der Waals surface area contributed by atoms with Crippen LogP contribution in [0.4, 0.5) is 5.95 Å². The van der Waals surface area contributed by atoms with E-state index in [-0.39, 0.29) is 0 Å². The number of anilines is 1. The quantitative estimate of drug-likeness (QED) is 0.799. The molecule has 3 N–H and O–H groups in total. The van der Waals surface area contributed by atoms with Gasteiger partial charge >= 0.3 is 0 Å². The third-order valence-corrected chi connectivity index (χ3v) is 2.17. The molecule has 1 aromatic heterocycles. The molecular weight excluding hydrogens is 190 g/mol. The number of nitrogens with zero attached hydrogens (tertiary/aromatic N) is 1. The number of hydrogen-bond acceptors (Lipinski definition) is 3. The minimum absolute atomic E-state index is 0.436. The first-order valence-electron chi connectivity index (χ1n) is 4.68. The van der Waals surface area contributed by atoms with Gasteiger partial charge in [-0.2, -0.15) is 0 Å². The van der Waals surface area contributed by atoms with E-state index in [4.69, 9.17) is 10.5 Å². The van der Waals surface area contributed by atoms with Crippen molar-refractivity contribution in [3.05, 3.63) is 36.0 Å². The Bertz CT molecular complexity index is 433. The number of ether oxygens (including phenoxy) is 1. The predicted molar refractivity (Wildman–Crippen MR) is 59.1 cm³/mol. The lowest BCUT2D eigenvalue weighted by Gasteiger charge is -2.01. The molecule has 0 aliphatic heterocycles. The largest absolute Gasteiger partial charge is 0.380 e. The molecule has 1 aromatic carbocycles. The molecule has 0 aliphatic carbocycles. The van der Waals surface area contributed by atoms with Crippen molar-refractivity contribution in [2.75, 3.05) is 12.8 Å². The molecule has 0 bridgehead atoms. The van der Waals surface area contributed by atoms with Crippen molar-refractivity contribution in [3.8, 4) is 11.3 Å². The van der Waals surface area contributed by atoms with E-state index in [9.17, 15) is 0 Å². The Morgan fingerprint density at radius 3 is 2.60 bits per heavy atom. The van der Waals surface area contributed by atoms with Crippen LogP contribution >= 0.6 is 0 Å². The number of benzene rings is 1. The predicted octanol–water partition coefficient (Wildman–Crippen LogP) is 1.81. The first-order chi connectivity index (χ1) is 7.29. The summed E-state index contributed by atoms with van der Waals surface area (Å²) in [6.45, 7) is 0.630. The zero-order chi connectivity index (χ0) is 10.7. The summed E-state index contributed by atoms with van der Waals surface area (Å²) in [5.74, 6) is 0.436. The topological polar surface area (TPSA) is 63.9 Å². The van der Waals surface area contributed by atoms with Gasteiger partial charge in [0.15, 0.2) is 5.95 Å². The molecule has 0 atom stereocenters. The Hall–Kier alpha value is -1.81. The van der Waals surface area contributed by atoms with Crippen LogP contribution in [-0.4, -0.2) is 17.1 Å². The second kappa shape index (κ2) is 4.14. The van der Waals surface area contributed by atoms with Crippen LogP contribution < -0.4 is 5.73 Å². The Morgan fingerprint density at radius 2 is 2.07 bits per heavy atom. The van der Waals surface area contributed by atoms with E-state index >= 15 is 0 Å². The minimum Gasteiger partial charge on any atom is -0.380 e. The molecule has 4 nitrogen and oxygen atoms in total. The molecule has 0 amide bonds. The zero-order valence-corrected chi connectivity index (χ0v) is 8.53. The highest BCUT2D eigenvalue weighted by Crippen LogP contribution is 2.18. The van der Waals surface area contributed by atoms with Gasteiger partial charge in [0, 0.05) is 7.11 Å². The molecule has 0 radical (unpaired) electrons. The number of nitrogen functional groups attached to an aromatic ring is 1. The number of H-pyrrole nitrogens is 1. The molecule has 15 heavy (non-hydrogen) atoms. The minimum atomic E-state index is 0.436. The van der Waals surface area contributed by atoms with Crippen LogP contribution in [0.25, 0.3) is 11.3 Å². The number of nitrogens with two attached hydrogens (primary N) is 1. The van der Waals surface area contributed by atoms with E-state index in [1.807, 2.05) is 24.3 Å². The van der Waals surface area contributed by atoms with Crippen LogP contribution in [0.5, 0.6) is 0 Å². The number of aromatic nitrogens is 2. The van der Waals surface area contributed by atoms with Gasteiger partial charge in [-0.1, -0.05) is 24.3 Å². The van der Waals surface area contributed by atoms with E-state index in [1.165, 1.54) is 0 Å². The summed E-state index contributed by atoms with van der Waals surface area (Å²) in [5.41, 5.74) is 8.65. The van der Waals surface area contributed by atoms with Crippen molar-refractivity contribution in [2.24, 2.45) is 0 Å². The Kier molecular flexibility index (Phi) is 2.69. The maximum Gasteiger partial charge on any atom is 0.197 e. The first-order valence-corrected chi connectivity index (χ1v) is 4.68. The third kappa shape index (κ3) is 2.16. The van der Waals surface area contributed by atoms with Crippen LogP contribution in [0, 0.1) is 0 Å². The van der Waals surface area contributed by atoms with Gasteiger partial charge in [0.25, 0.3) is 0 Å². The van der Waals surface area contributed by atoms with E-state index in [1.54, 1.807) is 13.3 Å². The second-order valence-corrected chi connectivity index (χ2v) is 3.31. The molecule has 0 saturated heterocycles. The Morgan fingerprint density at radius 1 is 1.33 bits per heavy atom. The molecule has 78 valence electrons. The zero-order valence-electron chi connectivity index (χ0n) is 8.53. The van der Waals surface area contributed by atoms with Crippen LogP contribution in [-0.2, 0) is 11.3 Å². The Balaban J connectivity index is 2.23. The van der Waals surface area contributed by atoms with Gasteiger partial charge in [-0.15, -0.1) is 0 Å². The summed E-state index contributed by atoms with van der Waals surface area (Å²) in [6, 6.07) is 8.08. The summed E-state index contributed by atoms with van der Waals surface area (Å²) < 4.78 is 5.04. The summed E-state index contributed by atoms with van der Waals surface area (Å²) in [7, 11) is 1.68. The van der Waals surface area contributed by atoms with Crippen molar-refractivity contribution in [1.82, 2.24) is 9.97 Å². The van der Waals surface area contributed by atoms with Gasteiger partial charge in [0.1, 0.15) is 0 Å². The maximum absolute atomic E-state index is 5.51. The van der Waals surface area contributed by atoms with Crippen molar-refractivity contribution in [3.63, 3.8) is 0 Å². The molecule has 2 rings (SSSR count). The average Bonchev–Trinajstić information content (AvgIpc) is 2.67. The van der Waals surface area contributed by atoms with Gasteiger partial charge in [0.2, 0.25) is 0 Å². The maximum atomic E-state index is 5.51. The van der Waals surface area contributed by atoms with Gasteiger partial charge in [-0.25, -0.2) is 4.98 Å². The summed E-state index contributed by atoms with van der Waals surface area (Å²) in [5, 5.41) is 0. The second-order valence-electron chi connectivity index (χ2n) is 3.31. The molecule has 0 fully saturated rings. The SMILES string of the molecule is COCc1ccc(-c2cnc(N)[nH]2)cc1. The van der Waals surface area contributed by atoms with Crippen molar-refractivity contribution in [2.45, 2.75) is 6.61 Å². The normalized spacial score (nSPS) is 10.5. The van der Waals surface area contributed by atoms with E-state index in [0.29, 0.717) is 12.6 Å². The molecule has 0 unspecified atom stereocenters. The molecule has 1 heterocycles. The summed E-state index contributed by atoms with van der Waals surface area (Å²) in [4.78, 5) is 6.93. The molecule has 0 spiro atoms. The van der Waals surface area contributed by atoms with E-state index < -0.39 is 0 Å². The number of rotatable bonds is 3. The molecule has 0 aliphatic rings. The van der Waals surface area contributed by atoms with Crippen molar-refractivity contribution in [1.29, 1.82) is 0 Å². The first kappa shape index (κ1) is 9.73. The lowest BCUT2D eigenvalue weighted by atomic mass is 10.1. The van der Waals surface area contributed by atoms with E-state index in [2.05, 4.69) is 9.97 Å². The molecular formula is C11H13N3O. The average molecular weight is 203 g/mol. The van der Waals surface area contributed by atoms with E-state index in [0.717, 1.165) is 16.8 Å². The van der Waals surface area contributed by atoms with Crippen molar-refractivity contribution < 1.29 is 4.74 Å². The Labute approximate surface area is 88.1 Å². The molecule has 2 aromatic rings. The lowest BCUT2D eigenvalue weighted by molar-refractivity contribution is 0.185. The fraction of sp³-hybridized carbons (Fsp3) is 0.182. The van der Waals surface area contributed by atoms with Crippen LogP contribution in [0.3, 0.4) is 0 Å². The number of methoxy groups -OCH3 is 1. The molecule has 4 heteroatoms. The highest BCUT2D eigenvalue weighted by molar-refractivity contribution is 5.60. The number of aromatic amines is 1. The monoisotopic (exact) mass is 203 g/mol. The number of hydrogen-bond donors (Lipinski definition) is 2. The van der Waals surface area contributed by atoms with Crippen LogP contribution in [0.1, 0.15) is 5.56 Å². The fourth-order valence-electron chi connectivity index (χ4n) is 1.43. The lowest BCUT2D eigenvalue weighted by Crippen LogP contribution is -1.88. The van der Waals surface area contributed by atoms with Gasteiger partial charge in [-0.3, -0.25) is 0 Å². The highest BCUT2D eigenvalue weighted by atomic mass is 16.5. The van der Waals surface area contributed by atoms with Crippen molar-refractivity contribution >= 4 is 5.95 Å². The fourth-order valence-corrected chi connectivity index (χ4v) is 1.43. The van der Waals surface area contributed by atoms with Crippen LogP contribution in [0.2, 0.25) is 0 Å². The van der Waals surface area contributed by atoms with Crippen LogP contribution in [0.15, 0.2) is 30.5 Å². The smallest absolute Gasteiger partial charge is 0.197 e. The molecule has 0 saturated carbocycles. The number of imidazole rings is 1. The summed E-state index contributed by atoms with van der Waals surface area (Å²) >= 11 is 0. The van der Waals surface area contributed by atoms with Gasteiger partial charge in [0.05, 0.1) is 18.5 Å². The standard InChI is InChI=1S/C11H13N3O/c1-15-7-8-2-4-9(5-3-8)10-6-13-11(12)14-10/h2-6H,7H2,1H3,(H3,12,13,14).